The lowest BCUT2D eigenvalue weighted by Crippen LogP contribution is -2.37. The van der Waals surface area contributed by atoms with Crippen LogP contribution in [0, 0.1) is 16.2 Å². The van der Waals surface area contributed by atoms with Crippen LogP contribution in [-0.2, 0) is 0 Å². The van der Waals surface area contributed by atoms with Crippen LogP contribution >= 0.6 is 0 Å². The Kier molecular flexibility index (Phi) is 9.99. The fourth-order valence-electron chi connectivity index (χ4n) is 9.41. The largest absolute Gasteiger partial charge is 0.306 e. The molecule has 0 aromatic carbocycles. The van der Waals surface area contributed by atoms with E-state index in [1.807, 2.05) is 0 Å². The Morgan fingerprint density at radius 2 is 0.721 bits per heavy atom. The second kappa shape index (κ2) is 13.1. The standard InChI is InChI=1S/3C8H15N.2C7H13N/c1-9-6-4-8(2-3-8)5-7-9;1-9-6-2-3-8(7-9)4-5-8;1-9-7-3-2-4-8(9)5-6-8;1-8-5-4-7(6-8)2-3-7;1-8-6-2-3-7(8)4-5-7/h3*2-7H2,1H3;2*2-6H2,1H3. The number of piperidine rings is 3. The third kappa shape index (κ3) is 8.79. The summed E-state index contributed by atoms with van der Waals surface area (Å²) < 4.78 is 0. The van der Waals surface area contributed by atoms with Crippen LogP contribution in [-0.4, -0.2) is 123 Å². The monoisotopic (exact) mass is 598 g/mol. The zero-order valence-corrected chi connectivity index (χ0v) is 29.5. The summed E-state index contributed by atoms with van der Waals surface area (Å²) in [5, 5.41) is 0. The van der Waals surface area contributed by atoms with E-state index in [9.17, 15) is 0 Å². The molecule has 0 bridgehead atoms. The first-order valence-electron chi connectivity index (χ1n) is 19.1. The Bertz CT molecular complexity index is 886. The summed E-state index contributed by atoms with van der Waals surface area (Å²) >= 11 is 0. The van der Waals surface area contributed by atoms with E-state index in [1.165, 1.54) is 181 Å². The lowest BCUT2D eigenvalue weighted by Gasteiger charge is -2.32. The van der Waals surface area contributed by atoms with Crippen molar-refractivity contribution in [1.82, 2.24) is 24.5 Å². The smallest absolute Gasteiger partial charge is 0.0208 e. The van der Waals surface area contributed by atoms with E-state index in [1.54, 1.807) is 0 Å². The topological polar surface area (TPSA) is 16.2 Å². The molecule has 0 aromatic heterocycles. The highest BCUT2D eigenvalue weighted by Gasteiger charge is 2.49. The van der Waals surface area contributed by atoms with Crippen LogP contribution in [0.25, 0.3) is 0 Å². The normalized spacial score (nSPS) is 33.4. The zero-order valence-electron chi connectivity index (χ0n) is 29.5. The number of hydrogen-bond donors (Lipinski definition) is 0. The van der Waals surface area contributed by atoms with Crippen molar-refractivity contribution in [3.8, 4) is 0 Å². The van der Waals surface area contributed by atoms with Gasteiger partial charge in [0.2, 0.25) is 0 Å². The Balaban J connectivity index is 0.0000000958. The van der Waals surface area contributed by atoms with Crippen molar-refractivity contribution in [2.75, 3.05) is 87.6 Å². The van der Waals surface area contributed by atoms with Crippen molar-refractivity contribution in [3.05, 3.63) is 0 Å². The Morgan fingerprint density at radius 3 is 1.07 bits per heavy atom. The van der Waals surface area contributed by atoms with E-state index < -0.39 is 0 Å². The Morgan fingerprint density at radius 1 is 0.302 bits per heavy atom. The molecule has 10 rings (SSSR count). The molecule has 10 aliphatic rings. The average Bonchev–Trinajstić information content (AvgIpc) is 3.75. The molecule has 5 heterocycles. The van der Waals surface area contributed by atoms with Crippen molar-refractivity contribution >= 4 is 0 Å². The van der Waals surface area contributed by atoms with E-state index in [4.69, 9.17) is 0 Å². The number of hydrogen-bond acceptors (Lipinski definition) is 5. The SMILES string of the molecule is CN1CCC2(CC1)CC2.CN1CCC2(CC2)C1.CN1CCCC12CC2.CN1CCCC2(CC2)C1.CN1CCCCC12CC2. The van der Waals surface area contributed by atoms with Crippen LogP contribution in [0.2, 0.25) is 0 Å². The van der Waals surface area contributed by atoms with Gasteiger partial charge in [0.1, 0.15) is 0 Å². The molecule has 5 aliphatic carbocycles. The molecule has 5 spiro atoms. The fourth-order valence-corrected chi connectivity index (χ4v) is 9.41. The molecule has 0 unspecified atom stereocenters. The van der Waals surface area contributed by atoms with Gasteiger partial charge in [0.05, 0.1) is 0 Å². The van der Waals surface area contributed by atoms with E-state index >= 15 is 0 Å². The van der Waals surface area contributed by atoms with Crippen molar-refractivity contribution in [2.24, 2.45) is 16.2 Å². The third-order valence-electron chi connectivity index (χ3n) is 14.2. The molecule has 0 N–H and O–H groups in total. The molecular formula is C38H71N5. The summed E-state index contributed by atoms with van der Waals surface area (Å²) in [5.41, 5.74) is 3.99. The lowest BCUT2D eigenvalue weighted by atomic mass is 9.94. The summed E-state index contributed by atoms with van der Waals surface area (Å²) in [7, 11) is 11.3. The number of rotatable bonds is 0. The second-order valence-electron chi connectivity index (χ2n) is 18.0. The van der Waals surface area contributed by atoms with Crippen LogP contribution in [0.5, 0.6) is 0 Å². The summed E-state index contributed by atoms with van der Waals surface area (Å²) in [4.78, 5) is 12.5. The highest BCUT2D eigenvalue weighted by Crippen LogP contribution is 2.54. The molecule has 0 aromatic rings. The summed E-state index contributed by atoms with van der Waals surface area (Å²) in [6.07, 6.45) is 29.7. The van der Waals surface area contributed by atoms with Gasteiger partial charge in [-0.25, -0.2) is 0 Å². The summed E-state index contributed by atoms with van der Waals surface area (Å²) in [6.45, 7) is 10.8. The van der Waals surface area contributed by atoms with Gasteiger partial charge in [0.25, 0.3) is 0 Å². The summed E-state index contributed by atoms with van der Waals surface area (Å²) in [5.74, 6) is 0. The van der Waals surface area contributed by atoms with Crippen LogP contribution < -0.4 is 0 Å². The molecule has 5 saturated heterocycles. The molecule has 248 valence electrons. The van der Waals surface area contributed by atoms with Gasteiger partial charge in [-0.1, -0.05) is 6.42 Å². The second-order valence-corrected chi connectivity index (χ2v) is 18.0. The van der Waals surface area contributed by atoms with Crippen LogP contribution in [0.4, 0.5) is 0 Å². The fraction of sp³-hybridized carbons (Fsp3) is 1.00. The molecule has 0 amide bonds. The van der Waals surface area contributed by atoms with Gasteiger partial charge >= 0.3 is 0 Å². The highest BCUT2D eigenvalue weighted by atomic mass is 15.2. The average molecular weight is 598 g/mol. The molecular weight excluding hydrogens is 526 g/mol. The lowest BCUT2D eigenvalue weighted by molar-refractivity contribution is 0.165. The van der Waals surface area contributed by atoms with Gasteiger partial charge in [0, 0.05) is 24.2 Å². The predicted molar refractivity (Wildman–Crippen MR) is 183 cm³/mol. The first-order chi connectivity index (χ1) is 20.6. The first-order valence-corrected chi connectivity index (χ1v) is 19.1. The van der Waals surface area contributed by atoms with Gasteiger partial charge in [-0.05, 0) is 213 Å². The molecule has 0 radical (unpaired) electrons. The third-order valence-corrected chi connectivity index (χ3v) is 14.2. The van der Waals surface area contributed by atoms with Gasteiger partial charge in [-0.3, -0.25) is 0 Å². The van der Waals surface area contributed by atoms with E-state index in [2.05, 4.69) is 59.7 Å². The Hall–Kier alpha value is -0.200. The first kappa shape index (κ1) is 32.7. The van der Waals surface area contributed by atoms with Crippen molar-refractivity contribution in [1.29, 1.82) is 0 Å². The number of nitrogens with zero attached hydrogens (tertiary/aromatic N) is 5. The maximum atomic E-state index is 2.57. The maximum absolute atomic E-state index is 2.57. The summed E-state index contributed by atoms with van der Waals surface area (Å²) in [6, 6.07) is 0. The van der Waals surface area contributed by atoms with Gasteiger partial charge in [0.15, 0.2) is 0 Å². The quantitative estimate of drug-likeness (QED) is 0.299. The highest BCUT2D eigenvalue weighted by molar-refractivity contribution is 5.06. The molecule has 5 heteroatoms. The molecule has 43 heavy (non-hydrogen) atoms. The van der Waals surface area contributed by atoms with Gasteiger partial charge in [-0.2, -0.15) is 0 Å². The number of likely N-dealkylation sites (tertiary alicyclic amines) is 5. The molecule has 0 atom stereocenters. The van der Waals surface area contributed by atoms with Gasteiger partial charge < -0.3 is 24.5 Å². The molecule has 5 nitrogen and oxygen atoms in total. The molecule has 10 fully saturated rings. The van der Waals surface area contributed by atoms with Gasteiger partial charge in [-0.15, -0.1) is 0 Å². The maximum Gasteiger partial charge on any atom is 0.0208 e. The van der Waals surface area contributed by atoms with E-state index in [0.717, 1.165) is 27.3 Å². The van der Waals surface area contributed by atoms with Crippen molar-refractivity contribution < 1.29 is 0 Å². The van der Waals surface area contributed by atoms with Crippen molar-refractivity contribution in [2.45, 2.75) is 139 Å². The van der Waals surface area contributed by atoms with E-state index in [0.29, 0.717) is 0 Å². The predicted octanol–water partition coefficient (Wildman–Crippen LogP) is 6.97. The Labute approximate surface area is 267 Å². The molecule has 5 aliphatic heterocycles. The van der Waals surface area contributed by atoms with E-state index in [-0.39, 0.29) is 0 Å². The van der Waals surface area contributed by atoms with Crippen molar-refractivity contribution in [3.63, 3.8) is 0 Å². The molecule has 5 saturated carbocycles. The van der Waals surface area contributed by atoms with Crippen LogP contribution in [0.1, 0.15) is 128 Å². The minimum absolute atomic E-state index is 0.720. The van der Waals surface area contributed by atoms with Crippen LogP contribution in [0.15, 0.2) is 0 Å². The minimum atomic E-state index is 0.720. The zero-order chi connectivity index (χ0) is 30.2. The van der Waals surface area contributed by atoms with Crippen LogP contribution in [0.3, 0.4) is 0 Å². The minimum Gasteiger partial charge on any atom is -0.306 e.